The van der Waals surface area contributed by atoms with Crippen molar-refractivity contribution in [1.29, 1.82) is 0 Å². The molecule has 2 aliphatic rings. The summed E-state index contributed by atoms with van der Waals surface area (Å²) in [6.07, 6.45) is 5.28. The zero-order valence-corrected chi connectivity index (χ0v) is 12.6. The minimum Gasteiger partial charge on any atom is -0.228 e. The molecule has 0 N–H and O–H groups in total. The summed E-state index contributed by atoms with van der Waals surface area (Å²) in [7, 11) is -2.87. The summed E-state index contributed by atoms with van der Waals surface area (Å²) in [5.41, 5.74) is 2.58. The zero-order chi connectivity index (χ0) is 14.4. The van der Waals surface area contributed by atoms with Gasteiger partial charge in [0.05, 0.1) is 10.5 Å². The topological polar surface area (TPSA) is 34.1 Å². The molecule has 2 bridgehead atoms. The predicted octanol–water partition coefficient (Wildman–Crippen LogP) is 3.66. The second-order valence-electron chi connectivity index (χ2n) is 6.21. The van der Waals surface area contributed by atoms with Crippen molar-refractivity contribution in [3.63, 3.8) is 0 Å². The Kier molecular flexibility index (Phi) is 2.93. The second kappa shape index (κ2) is 4.70. The van der Waals surface area contributed by atoms with Gasteiger partial charge in [-0.2, -0.15) is 0 Å². The number of hydrogen-bond acceptors (Lipinski definition) is 2. The van der Waals surface area contributed by atoms with Crippen LogP contribution in [0.25, 0.3) is 10.8 Å². The molecule has 0 radical (unpaired) electrons. The standard InChI is InChI=1S/C18H18O2S/c19-21(20)17-7-8-18(21)12-14(11-17)9-13-5-6-15-3-1-2-4-16(15)10-13/h1-6,10-11,17-18H,7-9,12H2. The molecule has 1 fully saturated rings. The van der Waals surface area contributed by atoms with E-state index < -0.39 is 9.84 Å². The van der Waals surface area contributed by atoms with Crippen LogP contribution in [0.5, 0.6) is 0 Å². The Labute approximate surface area is 125 Å². The van der Waals surface area contributed by atoms with E-state index in [4.69, 9.17) is 0 Å². The highest BCUT2D eigenvalue weighted by molar-refractivity contribution is 7.93. The molecule has 2 aliphatic heterocycles. The first kappa shape index (κ1) is 13.1. The molecular formula is C18H18O2S. The van der Waals surface area contributed by atoms with Crippen molar-refractivity contribution >= 4 is 20.6 Å². The lowest BCUT2D eigenvalue weighted by Gasteiger charge is -2.20. The first-order valence-electron chi connectivity index (χ1n) is 7.53. The molecule has 0 aromatic heterocycles. The lowest BCUT2D eigenvalue weighted by atomic mass is 9.98. The number of sulfone groups is 1. The summed E-state index contributed by atoms with van der Waals surface area (Å²) in [6, 6.07) is 14.9. The van der Waals surface area contributed by atoms with E-state index in [1.807, 2.05) is 12.1 Å². The molecule has 2 heterocycles. The van der Waals surface area contributed by atoms with Crippen LogP contribution in [0.15, 0.2) is 54.1 Å². The van der Waals surface area contributed by atoms with Crippen molar-refractivity contribution in [1.82, 2.24) is 0 Å². The first-order chi connectivity index (χ1) is 10.1. The molecule has 2 unspecified atom stereocenters. The van der Waals surface area contributed by atoms with Crippen LogP contribution < -0.4 is 0 Å². The fourth-order valence-electron chi connectivity index (χ4n) is 3.69. The third-order valence-corrected chi connectivity index (χ3v) is 7.36. The van der Waals surface area contributed by atoms with Gasteiger partial charge >= 0.3 is 0 Å². The minimum absolute atomic E-state index is 0.122. The molecule has 3 heteroatoms. The number of fused-ring (bicyclic) bond motifs is 3. The maximum absolute atomic E-state index is 12.1. The molecule has 0 aliphatic carbocycles. The van der Waals surface area contributed by atoms with Crippen molar-refractivity contribution in [3.05, 3.63) is 59.7 Å². The van der Waals surface area contributed by atoms with Gasteiger partial charge in [-0.3, -0.25) is 0 Å². The molecule has 0 spiro atoms. The van der Waals surface area contributed by atoms with E-state index in [0.717, 1.165) is 25.7 Å². The van der Waals surface area contributed by atoms with Crippen LogP contribution in [0, 0.1) is 0 Å². The Bertz CT molecular complexity index is 833. The quantitative estimate of drug-likeness (QED) is 0.793. The van der Waals surface area contributed by atoms with Crippen molar-refractivity contribution in [3.8, 4) is 0 Å². The van der Waals surface area contributed by atoms with Crippen molar-refractivity contribution in [2.24, 2.45) is 0 Å². The average Bonchev–Trinajstić information content (AvgIpc) is 2.67. The van der Waals surface area contributed by atoms with E-state index in [2.05, 4.69) is 36.4 Å². The van der Waals surface area contributed by atoms with Crippen LogP contribution in [-0.2, 0) is 16.3 Å². The molecule has 21 heavy (non-hydrogen) atoms. The lowest BCUT2D eigenvalue weighted by Crippen LogP contribution is -2.27. The van der Waals surface area contributed by atoms with E-state index in [0.29, 0.717) is 0 Å². The van der Waals surface area contributed by atoms with Crippen molar-refractivity contribution < 1.29 is 8.42 Å². The summed E-state index contributed by atoms with van der Waals surface area (Å²) in [4.78, 5) is 0. The SMILES string of the molecule is O=S1(=O)C2C=C(Cc3ccc4ccccc4c3)CC1CC2. The van der Waals surface area contributed by atoms with Gasteiger partial charge in [0.15, 0.2) is 9.84 Å². The second-order valence-corrected chi connectivity index (χ2v) is 8.66. The Morgan fingerprint density at radius 1 is 1.00 bits per heavy atom. The molecule has 2 nitrogen and oxygen atoms in total. The smallest absolute Gasteiger partial charge is 0.159 e. The summed E-state index contributed by atoms with van der Waals surface area (Å²) in [5.74, 6) is 0. The normalized spacial score (nSPS) is 26.8. The van der Waals surface area contributed by atoms with Crippen LogP contribution >= 0.6 is 0 Å². The van der Waals surface area contributed by atoms with Gasteiger partial charge in [0.2, 0.25) is 0 Å². The van der Waals surface area contributed by atoms with Crippen LogP contribution in [0.2, 0.25) is 0 Å². The van der Waals surface area contributed by atoms with Crippen LogP contribution in [0.4, 0.5) is 0 Å². The fraction of sp³-hybridized carbons (Fsp3) is 0.333. The van der Waals surface area contributed by atoms with Gasteiger partial charge in [-0.05, 0) is 42.0 Å². The largest absolute Gasteiger partial charge is 0.228 e. The van der Waals surface area contributed by atoms with Crippen LogP contribution in [0.1, 0.15) is 24.8 Å². The highest BCUT2D eigenvalue weighted by Crippen LogP contribution is 2.38. The van der Waals surface area contributed by atoms with E-state index in [9.17, 15) is 8.42 Å². The predicted molar refractivity (Wildman–Crippen MR) is 86.1 cm³/mol. The maximum Gasteiger partial charge on any atom is 0.159 e. The third kappa shape index (κ3) is 2.20. The van der Waals surface area contributed by atoms with E-state index in [1.54, 1.807) is 0 Å². The summed E-state index contributed by atoms with van der Waals surface area (Å²) < 4.78 is 24.2. The Morgan fingerprint density at radius 2 is 1.81 bits per heavy atom. The highest BCUT2D eigenvalue weighted by Gasteiger charge is 2.42. The fourth-order valence-corrected chi connectivity index (χ4v) is 5.94. The van der Waals surface area contributed by atoms with Gasteiger partial charge in [-0.25, -0.2) is 8.42 Å². The number of benzene rings is 2. The molecule has 2 aromatic carbocycles. The first-order valence-corrected chi connectivity index (χ1v) is 9.14. The van der Waals surface area contributed by atoms with E-state index in [-0.39, 0.29) is 10.5 Å². The molecule has 0 saturated carbocycles. The summed E-state index contributed by atoms with van der Waals surface area (Å²) >= 11 is 0. The summed E-state index contributed by atoms with van der Waals surface area (Å²) in [5, 5.41) is 2.16. The molecule has 0 amide bonds. The Morgan fingerprint density at radius 3 is 2.62 bits per heavy atom. The van der Waals surface area contributed by atoms with Gasteiger partial charge in [0.25, 0.3) is 0 Å². The summed E-state index contributed by atoms with van der Waals surface area (Å²) in [6.45, 7) is 0. The molecule has 108 valence electrons. The molecule has 2 atom stereocenters. The Hall–Kier alpha value is -1.61. The maximum atomic E-state index is 12.1. The average molecular weight is 298 g/mol. The molecule has 1 saturated heterocycles. The number of allylic oxidation sites excluding steroid dienone is 1. The van der Waals surface area contributed by atoms with Crippen molar-refractivity contribution in [2.75, 3.05) is 0 Å². The van der Waals surface area contributed by atoms with Gasteiger partial charge in [-0.1, -0.05) is 54.1 Å². The molecule has 4 rings (SSSR count). The third-order valence-electron chi connectivity index (χ3n) is 4.82. The zero-order valence-electron chi connectivity index (χ0n) is 11.8. The van der Waals surface area contributed by atoms with E-state index >= 15 is 0 Å². The van der Waals surface area contributed by atoms with Crippen LogP contribution in [0.3, 0.4) is 0 Å². The van der Waals surface area contributed by atoms with Gasteiger partial charge in [0.1, 0.15) is 0 Å². The monoisotopic (exact) mass is 298 g/mol. The number of hydrogen-bond donors (Lipinski definition) is 0. The minimum atomic E-state index is -2.87. The van der Waals surface area contributed by atoms with Crippen molar-refractivity contribution in [2.45, 2.75) is 36.2 Å². The molecule has 2 aromatic rings. The van der Waals surface area contributed by atoms with Gasteiger partial charge in [-0.15, -0.1) is 0 Å². The molecular weight excluding hydrogens is 280 g/mol. The number of rotatable bonds is 2. The van der Waals surface area contributed by atoms with Gasteiger partial charge in [0, 0.05) is 0 Å². The van der Waals surface area contributed by atoms with Crippen LogP contribution in [-0.4, -0.2) is 18.9 Å². The van der Waals surface area contributed by atoms with E-state index in [1.165, 1.54) is 21.9 Å². The van der Waals surface area contributed by atoms with Gasteiger partial charge < -0.3 is 0 Å². The lowest BCUT2D eigenvalue weighted by molar-refractivity contribution is 0.581. The highest BCUT2D eigenvalue weighted by atomic mass is 32.2. The Balaban J connectivity index is 1.64.